The normalized spacial score (nSPS) is 10.8. The number of para-hydroxylation sites is 3. The summed E-state index contributed by atoms with van der Waals surface area (Å²) in [5, 5.41) is 25.9. The largest absolute Gasteiger partial charge is 0.360 e. The van der Waals surface area contributed by atoms with Crippen molar-refractivity contribution in [2.75, 3.05) is 10.6 Å². The van der Waals surface area contributed by atoms with Gasteiger partial charge in [-0.05, 0) is 30.0 Å². The number of anilines is 2. The number of nitrogens with zero attached hydrogens (tertiary/aromatic N) is 2. The highest BCUT2D eigenvalue weighted by Gasteiger charge is 2.17. The number of amides is 1. The van der Waals surface area contributed by atoms with Gasteiger partial charge in [0.2, 0.25) is 0 Å². The maximum Gasteiger partial charge on any atom is 0.292 e. The smallest absolute Gasteiger partial charge is 0.292 e. The molecule has 0 aliphatic carbocycles. The van der Waals surface area contributed by atoms with Crippen LogP contribution in [-0.4, -0.2) is 10.8 Å². The lowest BCUT2D eigenvalue weighted by molar-refractivity contribution is -0.383. The van der Waals surface area contributed by atoms with E-state index in [2.05, 4.69) is 10.6 Å². The van der Waals surface area contributed by atoms with Crippen molar-refractivity contribution in [3.63, 3.8) is 0 Å². The summed E-state index contributed by atoms with van der Waals surface area (Å²) in [5.41, 5.74) is 2.64. The van der Waals surface area contributed by atoms with Gasteiger partial charge in [-0.1, -0.05) is 44.2 Å². The van der Waals surface area contributed by atoms with E-state index < -0.39 is 10.8 Å². The first-order valence-corrected chi connectivity index (χ1v) is 8.54. The molecule has 2 N–H and O–H groups in total. The van der Waals surface area contributed by atoms with Crippen LogP contribution < -0.4 is 10.6 Å². The fourth-order valence-corrected chi connectivity index (χ4v) is 2.65. The Labute approximate surface area is 157 Å². The molecule has 0 aliphatic heterocycles. The van der Waals surface area contributed by atoms with Crippen molar-refractivity contribution in [3.8, 4) is 6.07 Å². The third-order valence-electron chi connectivity index (χ3n) is 4.07. The molecule has 0 aromatic heterocycles. The lowest BCUT2D eigenvalue weighted by Crippen LogP contribution is -2.15. The van der Waals surface area contributed by atoms with Gasteiger partial charge in [0.15, 0.2) is 0 Å². The molecule has 2 aromatic rings. The van der Waals surface area contributed by atoms with Gasteiger partial charge in [-0.3, -0.25) is 14.9 Å². The zero-order valence-electron chi connectivity index (χ0n) is 15.2. The highest BCUT2D eigenvalue weighted by atomic mass is 16.6. The molecular formula is C20H20N4O3. The minimum absolute atomic E-state index is 0.0388. The third-order valence-corrected chi connectivity index (χ3v) is 4.07. The molecule has 2 rings (SSSR count). The lowest BCUT2D eigenvalue weighted by Gasteiger charge is -2.13. The fourth-order valence-electron chi connectivity index (χ4n) is 2.65. The topological polar surface area (TPSA) is 108 Å². The molecule has 0 unspecified atom stereocenters. The van der Waals surface area contributed by atoms with Gasteiger partial charge in [-0.25, -0.2) is 0 Å². The molecule has 27 heavy (non-hydrogen) atoms. The molecule has 0 aliphatic rings. The Morgan fingerprint density at radius 1 is 1.15 bits per heavy atom. The second kappa shape index (κ2) is 9.15. The predicted octanol–water partition coefficient (Wildman–Crippen LogP) is 4.18. The van der Waals surface area contributed by atoms with E-state index >= 15 is 0 Å². The van der Waals surface area contributed by atoms with Crippen LogP contribution in [0.1, 0.15) is 25.0 Å². The highest BCUT2D eigenvalue weighted by molar-refractivity contribution is 6.07. The number of hydrogen-bond acceptors (Lipinski definition) is 5. The molecule has 0 saturated carbocycles. The number of hydrogen-bond donors (Lipinski definition) is 2. The van der Waals surface area contributed by atoms with E-state index in [1.807, 2.05) is 38.1 Å². The summed E-state index contributed by atoms with van der Waals surface area (Å²) in [5.74, 6) is -0.716. The van der Waals surface area contributed by atoms with Gasteiger partial charge in [-0.2, -0.15) is 5.26 Å². The fraction of sp³-hybridized carbons (Fsp3) is 0.200. The zero-order valence-corrected chi connectivity index (χ0v) is 15.2. The van der Waals surface area contributed by atoms with Gasteiger partial charge in [0.1, 0.15) is 17.3 Å². The van der Waals surface area contributed by atoms with Crippen molar-refractivity contribution in [2.45, 2.75) is 26.7 Å². The Hall–Kier alpha value is -3.66. The second-order valence-electron chi connectivity index (χ2n) is 5.70. The number of nitro benzene ring substituents is 1. The summed E-state index contributed by atoms with van der Waals surface area (Å²) in [6.45, 7) is 4.05. The van der Waals surface area contributed by atoms with Crippen LogP contribution in [-0.2, 0) is 17.6 Å². The van der Waals surface area contributed by atoms with Gasteiger partial charge in [0, 0.05) is 18.0 Å². The summed E-state index contributed by atoms with van der Waals surface area (Å²) in [6, 6.07) is 13.5. The van der Waals surface area contributed by atoms with Crippen LogP contribution in [0.15, 0.2) is 54.2 Å². The van der Waals surface area contributed by atoms with E-state index in [0.717, 1.165) is 29.7 Å². The first-order chi connectivity index (χ1) is 13.0. The number of rotatable bonds is 7. The van der Waals surface area contributed by atoms with Gasteiger partial charge in [0.05, 0.1) is 4.92 Å². The number of benzene rings is 2. The van der Waals surface area contributed by atoms with Gasteiger partial charge in [-0.15, -0.1) is 0 Å². The van der Waals surface area contributed by atoms with E-state index in [-0.39, 0.29) is 16.9 Å². The molecule has 7 heteroatoms. The number of nitrogens with one attached hydrogen (secondary N) is 2. The molecule has 2 aromatic carbocycles. The molecule has 0 bridgehead atoms. The number of carbonyl (C=O) groups is 1. The highest BCUT2D eigenvalue weighted by Crippen LogP contribution is 2.25. The number of nitriles is 1. The molecule has 0 heterocycles. The molecule has 7 nitrogen and oxygen atoms in total. The summed E-state index contributed by atoms with van der Waals surface area (Å²) < 4.78 is 0. The van der Waals surface area contributed by atoms with Crippen molar-refractivity contribution in [2.24, 2.45) is 0 Å². The van der Waals surface area contributed by atoms with Crippen LogP contribution in [0.4, 0.5) is 17.1 Å². The lowest BCUT2D eigenvalue weighted by atomic mass is 10.0. The second-order valence-corrected chi connectivity index (χ2v) is 5.70. The van der Waals surface area contributed by atoms with Crippen molar-refractivity contribution in [1.29, 1.82) is 5.26 Å². The van der Waals surface area contributed by atoms with Crippen LogP contribution in [0.3, 0.4) is 0 Å². The summed E-state index contributed by atoms with van der Waals surface area (Å²) in [6.07, 6.45) is 2.93. The summed E-state index contributed by atoms with van der Waals surface area (Å²) in [7, 11) is 0. The van der Waals surface area contributed by atoms with Crippen LogP contribution in [0.5, 0.6) is 0 Å². The van der Waals surface area contributed by atoms with Crippen LogP contribution in [0.2, 0.25) is 0 Å². The molecular weight excluding hydrogens is 344 g/mol. The Kier molecular flexibility index (Phi) is 6.67. The number of carbonyl (C=O) groups excluding carboxylic acids is 1. The van der Waals surface area contributed by atoms with Crippen molar-refractivity contribution in [1.82, 2.24) is 0 Å². The SMILES string of the molecule is CCc1cccc(CC)c1N/C=C(/C#N)C(=O)Nc1ccccc1[N+](=O)[O-]. The number of nitro groups is 1. The van der Waals surface area contributed by atoms with E-state index in [9.17, 15) is 20.2 Å². The average Bonchev–Trinajstić information content (AvgIpc) is 2.68. The van der Waals surface area contributed by atoms with E-state index in [4.69, 9.17) is 0 Å². The maximum atomic E-state index is 12.4. The average molecular weight is 364 g/mol. The first kappa shape index (κ1) is 19.7. The monoisotopic (exact) mass is 364 g/mol. The molecule has 138 valence electrons. The maximum absolute atomic E-state index is 12.4. The van der Waals surface area contributed by atoms with Crippen molar-refractivity contribution in [3.05, 3.63) is 75.5 Å². The molecule has 0 fully saturated rings. The van der Waals surface area contributed by atoms with E-state index in [0.29, 0.717) is 0 Å². The van der Waals surface area contributed by atoms with Crippen LogP contribution in [0, 0.1) is 21.4 Å². The standard InChI is InChI=1S/C20H20N4O3/c1-3-14-8-7-9-15(4-2)19(14)22-13-16(12-21)20(25)23-17-10-5-6-11-18(17)24(26)27/h5-11,13,22H,3-4H2,1-2H3,(H,23,25)/b16-13-. The van der Waals surface area contributed by atoms with Crippen molar-refractivity contribution < 1.29 is 9.72 Å². The zero-order chi connectivity index (χ0) is 19.8. The predicted molar refractivity (Wildman–Crippen MR) is 104 cm³/mol. The summed E-state index contributed by atoms with van der Waals surface area (Å²) >= 11 is 0. The first-order valence-electron chi connectivity index (χ1n) is 8.54. The molecule has 1 amide bonds. The van der Waals surface area contributed by atoms with E-state index in [1.54, 1.807) is 6.07 Å². The number of aryl methyl sites for hydroxylation is 2. The molecule has 0 spiro atoms. The van der Waals surface area contributed by atoms with Gasteiger partial charge < -0.3 is 10.6 Å². The minimum atomic E-state index is -0.716. The minimum Gasteiger partial charge on any atom is -0.360 e. The Balaban J connectivity index is 2.27. The third kappa shape index (κ3) is 4.70. The molecule has 0 saturated heterocycles. The van der Waals surface area contributed by atoms with Crippen LogP contribution >= 0.6 is 0 Å². The Bertz CT molecular complexity index is 907. The van der Waals surface area contributed by atoms with Crippen LogP contribution in [0.25, 0.3) is 0 Å². The Morgan fingerprint density at radius 3 is 2.33 bits per heavy atom. The van der Waals surface area contributed by atoms with Gasteiger partial charge in [0.25, 0.3) is 11.6 Å². The van der Waals surface area contributed by atoms with E-state index in [1.165, 1.54) is 24.4 Å². The van der Waals surface area contributed by atoms with Crippen molar-refractivity contribution >= 4 is 23.0 Å². The summed E-state index contributed by atoms with van der Waals surface area (Å²) in [4.78, 5) is 22.9. The quantitative estimate of drug-likeness (QED) is 0.332. The molecule has 0 atom stereocenters. The van der Waals surface area contributed by atoms with Gasteiger partial charge >= 0.3 is 0 Å². The molecule has 0 radical (unpaired) electrons. The Morgan fingerprint density at radius 2 is 1.78 bits per heavy atom.